The SMILES string of the molecule is Cc1cc(S(=O)(=O)NCC2CCOC2)ccc1C#N. The van der Waals surface area contributed by atoms with E-state index in [1.54, 1.807) is 6.92 Å². The van der Waals surface area contributed by atoms with Crippen molar-refractivity contribution in [3.8, 4) is 6.07 Å². The highest BCUT2D eigenvalue weighted by Gasteiger charge is 2.20. The Morgan fingerprint density at radius 3 is 2.89 bits per heavy atom. The average molecular weight is 280 g/mol. The minimum absolute atomic E-state index is 0.197. The Morgan fingerprint density at radius 2 is 2.32 bits per heavy atom. The highest BCUT2D eigenvalue weighted by molar-refractivity contribution is 7.89. The van der Waals surface area contributed by atoms with Gasteiger partial charge in [0, 0.05) is 13.2 Å². The molecule has 0 spiro atoms. The summed E-state index contributed by atoms with van der Waals surface area (Å²) in [6.45, 7) is 3.42. The minimum atomic E-state index is -3.51. The molecule has 0 aliphatic carbocycles. The van der Waals surface area contributed by atoms with Crippen molar-refractivity contribution in [2.45, 2.75) is 18.2 Å². The number of rotatable bonds is 4. The van der Waals surface area contributed by atoms with Gasteiger partial charge in [-0.2, -0.15) is 5.26 Å². The zero-order valence-corrected chi connectivity index (χ0v) is 11.5. The summed E-state index contributed by atoms with van der Waals surface area (Å²) in [5.41, 5.74) is 1.15. The minimum Gasteiger partial charge on any atom is -0.381 e. The van der Waals surface area contributed by atoms with Crippen LogP contribution >= 0.6 is 0 Å². The molecule has 19 heavy (non-hydrogen) atoms. The molecule has 0 saturated carbocycles. The predicted molar refractivity (Wildman–Crippen MR) is 70.0 cm³/mol. The van der Waals surface area contributed by atoms with E-state index < -0.39 is 10.0 Å². The maximum Gasteiger partial charge on any atom is 0.240 e. The van der Waals surface area contributed by atoms with Crippen LogP contribution in [0, 0.1) is 24.2 Å². The van der Waals surface area contributed by atoms with Gasteiger partial charge < -0.3 is 4.74 Å². The van der Waals surface area contributed by atoms with Gasteiger partial charge in [-0.25, -0.2) is 13.1 Å². The third kappa shape index (κ3) is 3.32. The van der Waals surface area contributed by atoms with Crippen LogP contribution in [0.1, 0.15) is 17.5 Å². The highest BCUT2D eigenvalue weighted by Crippen LogP contribution is 2.16. The lowest BCUT2D eigenvalue weighted by Crippen LogP contribution is -2.29. The Hall–Kier alpha value is -1.42. The lowest BCUT2D eigenvalue weighted by molar-refractivity contribution is 0.186. The van der Waals surface area contributed by atoms with Crippen LogP contribution in [0.2, 0.25) is 0 Å². The van der Waals surface area contributed by atoms with Gasteiger partial charge in [0.25, 0.3) is 0 Å². The Bertz CT molecular complexity index is 599. The lowest BCUT2D eigenvalue weighted by Gasteiger charge is -2.11. The lowest BCUT2D eigenvalue weighted by atomic mass is 10.1. The van der Waals surface area contributed by atoms with Crippen molar-refractivity contribution >= 4 is 10.0 Å². The molecule has 6 heteroatoms. The van der Waals surface area contributed by atoms with E-state index in [1.807, 2.05) is 6.07 Å². The number of nitrogens with one attached hydrogen (secondary N) is 1. The van der Waals surface area contributed by atoms with Crippen molar-refractivity contribution in [2.75, 3.05) is 19.8 Å². The number of ether oxygens (including phenoxy) is 1. The third-order valence-corrected chi connectivity index (χ3v) is 4.64. The molecule has 1 aliphatic heterocycles. The summed E-state index contributed by atoms with van der Waals surface area (Å²) >= 11 is 0. The van der Waals surface area contributed by atoms with E-state index in [9.17, 15) is 8.42 Å². The number of sulfonamides is 1. The van der Waals surface area contributed by atoms with Gasteiger partial charge in [-0.1, -0.05) is 0 Å². The molecule has 1 saturated heterocycles. The molecule has 0 amide bonds. The van der Waals surface area contributed by atoms with Gasteiger partial charge >= 0.3 is 0 Å². The molecule has 0 radical (unpaired) electrons. The summed E-state index contributed by atoms with van der Waals surface area (Å²) < 4.78 is 32.0. The molecule has 102 valence electrons. The van der Waals surface area contributed by atoms with Crippen molar-refractivity contribution in [3.05, 3.63) is 29.3 Å². The first-order valence-electron chi connectivity index (χ1n) is 6.11. The second-order valence-electron chi connectivity index (χ2n) is 4.67. The monoisotopic (exact) mass is 280 g/mol. The van der Waals surface area contributed by atoms with E-state index in [0.717, 1.165) is 6.42 Å². The van der Waals surface area contributed by atoms with Crippen molar-refractivity contribution in [3.63, 3.8) is 0 Å². The molecule has 1 aromatic rings. The molecule has 1 atom stereocenters. The number of hydrogen-bond acceptors (Lipinski definition) is 4. The molecular weight excluding hydrogens is 264 g/mol. The summed E-state index contributed by atoms with van der Waals surface area (Å²) in [5.74, 6) is 0.245. The van der Waals surface area contributed by atoms with E-state index in [2.05, 4.69) is 4.72 Å². The van der Waals surface area contributed by atoms with Crippen LogP contribution in [0.5, 0.6) is 0 Å². The normalized spacial score (nSPS) is 19.3. The van der Waals surface area contributed by atoms with Gasteiger partial charge in [-0.15, -0.1) is 0 Å². The summed E-state index contributed by atoms with van der Waals surface area (Å²) in [5, 5.41) is 8.83. The molecule has 0 bridgehead atoms. The number of benzene rings is 1. The smallest absolute Gasteiger partial charge is 0.240 e. The standard InChI is InChI=1S/C13H16N2O3S/c1-10-6-13(3-2-12(10)7-14)19(16,17)15-8-11-4-5-18-9-11/h2-3,6,11,15H,4-5,8-9H2,1H3. The van der Waals surface area contributed by atoms with Gasteiger partial charge in [0.1, 0.15) is 0 Å². The Balaban J connectivity index is 2.10. The quantitative estimate of drug-likeness (QED) is 0.898. The number of aryl methyl sites for hydroxylation is 1. The van der Waals surface area contributed by atoms with Crippen molar-refractivity contribution in [2.24, 2.45) is 5.92 Å². The predicted octanol–water partition coefficient (Wildman–Crippen LogP) is 1.18. The van der Waals surface area contributed by atoms with Crippen LogP contribution in [0.3, 0.4) is 0 Å². The van der Waals surface area contributed by atoms with Gasteiger partial charge in [-0.05, 0) is 43.0 Å². The van der Waals surface area contributed by atoms with Crippen molar-refractivity contribution in [1.82, 2.24) is 4.72 Å². The largest absolute Gasteiger partial charge is 0.381 e. The molecular formula is C13H16N2O3S. The second-order valence-corrected chi connectivity index (χ2v) is 6.44. The summed E-state index contributed by atoms with van der Waals surface area (Å²) in [4.78, 5) is 0.197. The van der Waals surface area contributed by atoms with Gasteiger partial charge in [0.15, 0.2) is 0 Å². The molecule has 1 fully saturated rings. The van der Waals surface area contributed by atoms with Crippen molar-refractivity contribution in [1.29, 1.82) is 5.26 Å². The highest BCUT2D eigenvalue weighted by atomic mass is 32.2. The first-order chi connectivity index (χ1) is 9.03. The molecule has 1 N–H and O–H groups in total. The second kappa shape index (κ2) is 5.70. The Labute approximate surface area is 113 Å². The molecule has 5 nitrogen and oxygen atoms in total. The topological polar surface area (TPSA) is 79.2 Å². The molecule has 1 aromatic carbocycles. The zero-order valence-electron chi connectivity index (χ0n) is 10.7. The van der Waals surface area contributed by atoms with Gasteiger partial charge in [-0.3, -0.25) is 0 Å². The number of nitrogens with zero attached hydrogens (tertiary/aromatic N) is 1. The fourth-order valence-corrected chi connectivity index (χ4v) is 3.18. The van der Waals surface area contributed by atoms with E-state index in [1.165, 1.54) is 18.2 Å². The third-order valence-electron chi connectivity index (χ3n) is 3.21. The fraction of sp³-hybridized carbons (Fsp3) is 0.462. The van der Waals surface area contributed by atoms with E-state index in [-0.39, 0.29) is 10.8 Å². The van der Waals surface area contributed by atoms with Gasteiger partial charge in [0.05, 0.1) is 23.1 Å². The summed E-state index contributed by atoms with van der Waals surface area (Å²) in [7, 11) is -3.51. The molecule has 1 heterocycles. The Kier molecular flexibility index (Phi) is 4.20. The maximum atomic E-state index is 12.1. The van der Waals surface area contributed by atoms with E-state index in [0.29, 0.717) is 30.9 Å². The van der Waals surface area contributed by atoms with Crippen LogP contribution in [-0.2, 0) is 14.8 Å². The molecule has 0 aromatic heterocycles. The zero-order chi connectivity index (χ0) is 13.9. The van der Waals surface area contributed by atoms with Crippen LogP contribution < -0.4 is 4.72 Å². The van der Waals surface area contributed by atoms with Crippen molar-refractivity contribution < 1.29 is 13.2 Å². The molecule has 2 rings (SSSR count). The average Bonchev–Trinajstić information content (AvgIpc) is 2.89. The van der Waals surface area contributed by atoms with E-state index in [4.69, 9.17) is 10.00 Å². The maximum absolute atomic E-state index is 12.1. The van der Waals surface area contributed by atoms with Crippen LogP contribution in [0.4, 0.5) is 0 Å². The fourth-order valence-electron chi connectivity index (χ4n) is 1.98. The first kappa shape index (κ1) is 14.0. The van der Waals surface area contributed by atoms with Crippen LogP contribution in [-0.4, -0.2) is 28.2 Å². The van der Waals surface area contributed by atoms with Crippen LogP contribution in [0.15, 0.2) is 23.1 Å². The first-order valence-corrected chi connectivity index (χ1v) is 7.59. The summed E-state index contributed by atoms with van der Waals surface area (Å²) in [6, 6.07) is 6.53. The molecule has 1 aliphatic rings. The number of hydrogen-bond donors (Lipinski definition) is 1. The molecule has 1 unspecified atom stereocenters. The van der Waals surface area contributed by atoms with Gasteiger partial charge in [0.2, 0.25) is 10.0 Å². The Morgan fingerprint density at radius 1 is 1.53 bits per heavy atom. The summed E-state index contributed by atoms with van der Waals surface area (Å²) in [6.07, 6.45) is 0.884. The number of nitriles is 1. The van der Waals surface area contributed by atoms with E-state index >= 15 is 0 Å². The van der Waals surface area contributed by atoms with Crippen LogP contribution in [0.25, 0.3) is 0 Å².